The zero-order chi connectivity index (χ0) is 14.7. The van der Waals surface area contributed by atoms with Crippen LogP contribution in [0.4, 0.5) is 0 Å². The molecule has 0 radical (unpaired) electrons. The monoisotopic (exact) mass is 289 g/mol. The number of likely N-dealkylation sites (N-methyl/N-ethyl adjacent to an activating group) is 1. The van der Waals surface area contributed by atoms with E-state index in [9.17, 15) is 4.79 Å². The molecule has 5 heteroatoms. The first-order valence-electron chi connectivity index (χ1n) is 6.45. The van der Waals surface area contributed by atoms with Gasteiger partial charge in [0.05, 0.1) is 17.7 Å². The Hall–Kier alpha value is -1.72. The van der Waals surface area contributed by atoms with Crippen LogP contribution in [0.3, 0.4) is 0 Å². The Kier molecular flexibility index (Phi) is 4.52. The summed E-state index contributed by atoms with van der Waals surface area (Å²) in [7, 11) is 1.77. The molecule has 0 aliphatic rings. The molecule has 0 saturated heterocycles. The van der Waals surface area contributed by atoms with Gasteiger partial charge in [-0.3, -0.25) is 4.79 Å². The lowest BCUT2D eigenvalue weighted by Crippen LogP contribution is -2.35. The molecule has 0 spiro atoms. The van der Waals surface area contributed by atoms with E-state index in [0.717, 1.165) is 21.7 Å². The molecule has 0 aliphatic carbocycles. The third-order valence-electron chi connectivity index (χ3n) is 3.30. The predicted octanol–water partition coefficient (Wildman–Crippen LogP) is 2.42. The number of carbonyl (C=O) groups is 1. The number of hydrogen-bond acceptors (Lipinski definition) is 4. The lowest BCUT2D eigenvalue weighted by atomic mass is 10.0. The van der Waals surface area contributed by atoms with Crippen molar-refractivity contribution in [3.63, 3.8) is 0 Å². The van der Waals surface area contributed by atoms with Gasteiger partial charge in [0.25, 0.3) is 0 Å². The number of rotatable bonds is 4. The summed E-state index contributed by atoms with van der Waals surface area (Å²) in [5, 5.41) is 0. The second-order valence-electron chi connectivity index (χ2n) is 4.94. The van der Waals surface area contributed by atoms with Crippen molar-refractivity contribution in [2.75, 3.05) is 7.05 Å². The molecule has 0 saturated carbocycles. The Morgan fingerprint density at radius 3 is 2.55 bits per heavy atom. The zero-order valence-electron chi connectivity index (χ0n) is 12.0. The van der Waals surface area contributed by atoms with Gasteiger partial charge in [0, 0.05) is 11.9 Å². The molecule has 1 aromatic heterocycles. The van der Waals surface area contributed by atoms with E-state index < -0.39 is 6.04 Å². The largest absolute Gasteiger partial charge is 0.339 e. The van der Waals surface area contributed by atoms with Gasteiger partial charge in [-0.2, -0.15) is 0 Å². The number of benzene rings is 1. The molecule has 1 atom stereocenters. The second kappa shape index (κ2) is 6.15. The summed E-state index contributed by atoms with van der Waals surface area (Å²) in [6.07, 6.45) is 0. The predicted molar refractivity (Wildman–Crippen MR) is 81.4 cm³/mol. The summed E-state index contributed by atoms with van der Waals surface area (Å²) < 4.78 is 0. The number of aryl methyl sites for hydroxylation is 2. The van der Waals surface area contributed by atoms with Crippen LogP contribution in [0.1, 0.15) is 27.7 Å². The third-order valence-corrected chi connectivity index (χ3v) is 4.22. The van der Waals surface area contributed by atoms with Gasteiger partial charge in [-0.05, 0) is 19.4 Å². The van der Waals surface area contributed by atoms with E-state index in [-0.39, 0.29) is 5.91 Å². The number of hydrogen-bond donors (Lipinski definition) is 1. The van der Waals surface area contributed by atoms with Crippen LogP contribution < -0.4 is 5.73 Å². The fourth-order valence-corrected chi connectivity index (χ4v) is 2.75. The average molecular weight is 289 g/mol. The number of nitrogens with zero attached hydrogens (tertiary/aromatic N) is 2. The summed E-state index contributed by atoms with van der Waals surface area (Å²) >= 11 is 1.56. The molecule has 0 aliphatic heterocycles. The van der Waals surface area contributed by atoms with Gasteiger partial charge in [-0.25, -0.2) is 4.98 Å². The molecule has 106 valence electrons. The van der Waals surface area contributed by atoms with Crippen molar-refractivity contribution in [3.05, 3.63) is 51.5 Å². The minimum atomic E-state index is -0.617. The Labute approximate surface area is 123 Å². The quantitative estimate of drug-likeness (QED) is 0.940. The SMILES string of the molecule is Cc1ccc(C(N)C(=O)N(C)Cc2scnc2C)cc1. The third kappa shape index (κ3) is 3.23. The van der Waals surface area contributed by atoms with Crippen LogP contribution in [0.5, 0.6) is 0 Å². The lowest BCUT2D eigenvalue weighted by Gasteiger charge is -2.21. The van der Waals surface area contributed by atoms with Gasteiger partial charge in [0.1, 0.15) is 6.04 Å². The maximum atomic E-state index is 12.4. The van der Waals surface area contributed by atoms with Gasteiger partial charge >= 0.3 is 0 Å². The molecule has 4 nitrogen and oxygen atoms in total. The molecule has 0 fully saturated rings. The highest BCUT2D eigenvalue weighted by atomic mass is 32.1. The summed E-state index contributed by atoms with van der Waals surface area (Å²) in [4.78, 5) is 19.3. The van der Waals surface area contributed by atoms with Crippen molar-refractivity contribution in [2.24, 2.45) is 5.73 Å². The lowest BCUT2D eigenvalue weighted by molar-refractivity contribution is -0.131. The first-order valence-corrected chi connectivity index (χ1v) is 7.33. The normalized spacial score (nSPS) is 12.2. The van der Waals surface area contributed by atoms with Gasteiger partial charge in [-0.15, -0.1) is 11.3 Å². The van der Waals surface area contributed by atoms with Crippen molar-refractivity contribution < 1.29 is 4.79 Å². The number of carbonyl (C=O) groups excluding carboxylic acids is 1. The molecule has 20 heavy (non-hydrogen) atoms. The van der Waals surface area contributed by atoms with Gasteiger partial charge in [0.2, 0.25) is 5.91 Å². The zero-order valence-corrected chi connectivity index (χ0v) is 12.8. The van der Waals surface area contributed by atoms with Crippen LogP contribution in [0, 0.1) is 13.8 Å². The first-order chi connectivity index (χ1) is 9.49. The van der Waals surface area contributed by atoms with E-state index in [0.29, 0.717) is 6.54 Å². The van der Waals surface area contributed by atoms with Crippen LogP contribution >= 0.6 is 11.3 Å². The Bertz CT molecular complexity index is 591. The summed E-state index contributed by atoms with van der Waals surface area (Å²) in [5.41, 5.74) is 10.8. The minimum Gasteiger partial charge on any atom is -0.339 e. The van der Waals surface area contributed by atoms with Crippen LogP contribution in [-0.2, 0) is 11.3 Å². The molecular weight excluding hydrogens is 270 g/mol. The number of aromatic nitrogens is 1. The topological polar surface area (TPSA) is 59.2 Å². The van der Waals surface area contributed by atoms with E-state index >= 15 is 0 Å². The van der Waals surface area contributed by atoms with Crippen LogP contribution in [0.25, 0.3) is 0 Å². The van der Waals surface area contributed by atoms with Crippen molar-refractivity contribution in [1.82, 2.24) is 9.88 Å². The van der Waals surface area contributed by atoms with E-state index in [1.807, 2.05) is 38.1 Å². The molecule has 1 unspecified atom stereocenters. The summed E-state index contributed by atoms with van der Waals surface area (Å²) in [5.74, 6) is -0.0818. The van der Waals surface area contributed by atoms with Crippen LogP contribution in [-0.4, -0.2) is 22.8 Å². The number of thiazole rings is 1. The highest BCUT2D eigenvalue weighted by Gasteiger charge is 2.20. The molecule has 1 amide bonds. The molecule has 1 aromatic carbocycles. The molecule has 0 bridgehead atoms. The molecule has 2 rings (SSSR count). The first kappa shape index (κ1) is 14.7. The van der Waals surface area contributed by atoms with E-state index in [4.69, 9.17) is 5.73 Å². The molecular formula is C15H19N3OS. The molecule has 2 aromatic rings. The Morgan fingerprint density at radius 2 is 2.00 bits per heavy atom. The van der Waals surface area contributed by atoms with Crippen molar-refractivity contribution >= 4 is 17.2 Å². The maximum Gasteiger partial charge on any atom is 0.244 e. The fourth-order valence-electron chi connectivity index (χ4n) is 1.93. The van der Waals surface area contributed by atoms with Crippen LogP contribution in [0.15, 0.2) is 29.8 Å². The van der Waals surface area contributed by atoms with Gasteiger partial charge in [0.15, 0.2) is 0 Å². The van der Waals surface area contributed by atoms with E-state index in [1.165, 1.54) is 0 Å². The van der Waals surface area contributed by atoms with Crippen molar-refractivity contribution in [3.8, 4) is 0 Å². The average Bonchev–Trinajstić information content (AvgIpc) is 2.83. The van der Waals surface area contributed by atoms with E-state index in [2.05, 4.69) is 4.98 Å². The fraction of sp³-hybridized carbons (Fsp3) is 0.333. The highest BCUT2D eigenvalue weighted by molar-refractivity contribution is 7.09. The smallest absolute Gasteiger partial charge is 0.244 e. The Balaban J connectivity index is 2.06. The second-order valence-corrected chi connectivity index (χ2v) is 5.88. The molecule has 1 heterocycles. The molecule has 2 N–H and O–H groups in total. The number of amides is 1. The van der Waals surface area contributed by atoms with Crippen molar-refractivity contribution in [2.45, 2.75) is 26.4 Å². The maximum absolute atomic E-state index is 12.4. The Morgan fingerprint density at radius 1 is 1.35 bits per heavy atom. The summed E-state index contributed by atoms with van der Waals surface area (Å²) in [6.45, 7) is 4.51. The van der Waals surface area contributed by atoms with Crippen molar-refractivity contribution in [1.29, 1.82) is 0 Å². The minimum absolute atomic E-state index is 0.0818. The van der Waals surface area contributed by atoms with Gasteiger partial charge in [-0.1, -0.05) is 29.8 Å². The highest BCUT2D eigenvalue weighted by Crippen LogP contribution is 2.18. The van der Waals surface area contributed by atoms with E-state index in [1.54, 1.807) is 28.8 Å². The van der Waals surface area contributed by atoms with Gasteiger partial charge < -0.3 is 10.6 Å². The summed E-state index contributed by atoms with van der Waals surface area (Å²) in [6, 6.07) is 7.13. The standard InChI is InChI=1S/C15H19N3OS/c1-10-4-6-12(7-5-10)14(16)15(19)18(3)8-13-11(2)17-9-20-13/h4-7,9,14H,8,16H2,1-3H3. The number of nitrogens with two attached hydrogens (primary N) is 1. The van der Waals surface area contributed by atoms with Crippen LogP contribution in [0.2, 0.25) is 0 Å².